The molecule has 3 heteroatoms. The van der Waals surface area contributed by atoms with E-state index in [0.717, 1.165) is 12.4 Å². The fraction of sp³-hybridized carbons (Fsp3) is 0.556. The van der Waals surface area contributed by atoms with Gasteiger partial charge in [-0.2, -0.15) is 0 Å². The molecule has 1 aromatic heterocycles. The fourth-order valence-corrected chi connectivity index (χ4v) is 1.67. The van der Waals surface area contributed by atoms with Gasteiger partial charge in [0.15, 0.2) is 0 Å². The van der Waals surface area contributed by atoms with Crippen LogP contribution in [0, 0.1) is 0 Å². The summed E-state index contributed by atoms with van der Waals surface area (Å²) >= 11 is 0. The van der Waals surface area contributed by atoms with Crippen LogP contribution in [0.5, 0.6) is 0 Å². The van der Waals surface area contributed by atoms with Gasteiger partial charge in [-0.15, -0.1) is 0 Å². The first-order valence-electron chi connectivity index (χ1n) is 4.32. The van der Waals surface area contributed by atoms with Crippen molar-refractivity contribution in [3.05, 3.63) is 24.3 Å². The molecule has 2 heterocycles. The molecule has 1 aliphatic heterocycles. The number of likely N-dealkylation sites (N-methyl/N-ethyl adjacent to an activating group) is 1. The van der Waals surface area contributed by atoms with Crippen molar-refractivity contribution in [3.8, 4) is 0 Å². The molecule has 0 saturated carbocycles. The summed E-state index contributed by atoms with van der Waals surface area (Å²) in [6.07, 6.45) is 4.84. The molecule has 1 unspecified atom stereocenters. The lowest BCUT2D eigenvalue weighted by Gasteiger charge is -2.07. The van der Waals surface area contributed by atoms with Crippen molar-refractivity contribution in [2.75, 3.05) is 20.1 Å². The molecule has 1 atom stereocenters. The van der Waals surface area contributed by atoms with Crippen LogP contribution < -0.4 is 0 Å². The predicted molar refractivity (Wildman–Crippen MR) is 46.9 cm³/mol. The summed E-state index contributed by atoms with van der Waals surface area (Å²) in [7, 11) is 2.14. The third-order valence-corrected chi connectivity index (χ3v) is 2.34. The molecular weight excluding hydrogens is 150 g/mol. The highest BCUT2D eigenvalue weighted by Gasteiger charge is 2.22. The van der Waals surface area contributed by atoms with E-state index in [2.05, 4.69) is 21.9 Å². The maximum absolute atomic E-state index is 4.26. The number of hydrogen-bond donors (Lipinski definition) is 0. The van der Waals surface area contributed by atoms with Crippen LogP contribution in [-0.4, -0.2) is 35.0 Å². The average Bonchev–Trinajstić information content (AvgIpc) is 2.54. The van der Waals surface area contributed by atoms with E-state index in [1.807, 2.05) is 18.5 Å². The highest BCUT2D eigenvalue weighted by Crippen LogP contribution is 2.22. The molecular formula is C9H13N3. The topological polar surface area (TPSA) is 29.0 Å². The second kappa shape index (κ2) is 3.19. The largest absolute Gasteiger partial charge is 0.306 e. The van der Waals surface area contributed by atoms with Crippen molar-refractivity contribution in [1.29, 1.82) is 0 Å². The summed E-state index contributed by atoms with van der Waals surface area (Å²) in [5, 5.41) is 0. The number of nitrogens with zero attached hydrogens (tertiary/aromatic N) is 3. The van der Waals surface area contributed by atoms with Crippen LogP contribution in [0.3, 0.4) is 0 Å². The van der Waals surface area contributed by atoms with Crippen LogP contribution in [0.2, 0.25) is 0 Å². The molecule has 3 nitrogen and oxygen atoms in total. The third-order valence-electron chi connectivity index (χ3n) is 2.34. The van der Waals surface area contributed by atoms with Gasteiger partial charge in [-0.1, -0.05) is 0 Å². The van der Waals surface area contributed by atoms with Crippen LogP contribution in [-0.2, 0) is 0 Å². The van der Waals surface area contributed by atoms with Crippen molar-refractivity contribution in [2.45, 2.75) is 12.3 Å². The molecule has 0 N–H and O–H groups in total. The molecule has 1 saturated heterocycles. The molecule has 64 valence electrons. The molecule has 0 aromatic carbocycles. The quantitative estimate of drug-likeness (QED) is 0.616. The van der Waals surface area contributed by atoms with E-state index >= 15 is 0 Å². The first kappa shape index (κ1) is 7.68. The second-order valence-electron chi connectivity index (χ2n) is 3.35. The summed E-state index contributed by atoms with van der Waals surface area (Å²) in [5.74, 6) is 1.55. The number of hydrogen-bond acceptors (Lipinski definition) is 3. The smallest absolute Gasteiger partial charge is 0.132 e. The van der Waals surface area contributed by atoms with Crippen molar-refractivity contribution in [1.82, 2.24) is 14.9 Å². The van der Waals surface area contributed by atoms with Crippen LogP contribution in [0.4, 0.5) is 0 Å². The van der Waals surface area contributed by atoms with E-state index in [4.69, 9.17) is 0 Å². The highest BCUT2D eigenvalue weighted by atomic mass is 15.1. The minimum Gasteiger partial charge on any atom is -0.306 e. The highest BCUT2D eigenvalue weighted by molar-refractivity contribution is 5.00. The van der Waals surface area contributed by atoms with Crippen LogP contribution in [0.15, 0.2) is 18.5 Å². The number of aromatic nitrogens is 2. The number of rotatable bonds is 1. The lowest BCUT2D eigenvalue weighted by atomic mass is 10.1. The Balaban J connectivity index is 2.11. The van der Waals surface area contributed by atoms with Crippen LogP contribution >= 0.6 is 0 Å². The van der Waals surface area contributed by atoms with Crippen LogP contribution in [0.1, 0.15) is 18.2 Å². The van der Waals surface area contributed by atoms with Gasteiger partial charge in [-0.05, 0) is 26.1 Å². The van der Waals surface area contributed by atoms with E-state index in [9.17, 15) is 0 Å². The van der Waals surface area contributed by atoms with Gasteiger partial charge < -0.3 is 4.90 Å². The standard InChI is InChI=1S/C9H13N3/c1-12-6-3-8(7-12)9-10-4-2-5-11-9/h2,4-5,8H,3,6-7H2,1H3. The maximum atomic E-state index is 4.26. The monoisotopic (exact) mass is 163 g/mol. The Hall–Kier alpha value is -0.960. The lowest BCUT2D eigenvalue weighted by Crippen LogP contribution is -2.14. The Bertz CT molecular complexity index is 247. The molecule has 1 fully saturated rings. The van der Waals surface area contributed by atoms with E-state index in [1.54, 1.807) is 0 Å². The fourth-order valence-electron chi connectivity index (χ4n) is 1.67. The Labute approximate surface area is 72.4 Å². The Morgan fingerprint density at radius 1 is 1.42 bits per heavy atom. The number of likely N-dealkylation sites (tertiary alicyclic amines) is 1. The third kappa shape index (κ3) is 1.46. The van der Waals surface area contributed by atoms with E-state index in [0.29, 0.717) is 5.92 Å². The van der Waals surface area contributed by atoms with E-state index < -0.39 is 0 Å². The second-order valence-corrected chi connectivity index (χ2v) is 3.35. The Morgan fingerprint density at radius 3 is 2.75 bits per heavy atom. The molecule has 0 bridgehead atoms. The van der Waals surface area contributed by atoms with Crippen molar-refractivity contribution >= 4 is 0 Å². The molecule has 0 radical (unpaired) electrons. The van der Waals surface area contributed by atoms with E-state index in [1.165, 1.54) is 13.0 Å². The maximum Gasteiger partial charge on any atom is 0.132 e. The molecule has 0 aliphatic carbocycles. The van der Waals surface area contributed by atoms with Gasteiger partial charge in [0.25, 0.3) is 0 Å². The summed E-state index contributed by atoms with van der Waals surface area (Å²) in [4.78, 5) is 10.8. The zero-order valence-corrected chi connectivity index (χ0v) is 7.27. The van der Waals surface area contributed by atoms with Crippen molar-refractivity contribution < 1.29 is 0 Å². The van der Waals surface area contributed by atoms with Gasteiger partial charge in [0.2, 0.25) is 0 Å². The summed E-state index contributed by atoms with van der Waals surface area (Å²) in [6.45, 7) is 2.27. The van der Waals surface area contributed by atoms with Crippen LogP contribution in [0.25, 0.3) is 0 Å². The summed E-state index contributed by atoms with van der Waals surface area (Å²) < 4.78 is 0. The summed E-state index contributed by atoms with van der Waals surface area (Å²) in [6, 6.07) is 1.86. The molecule has 0 spiro atoms. The summed E-state index contributed by atoms with van der Waals surface area (Å²) in [5.41, 5.74) is 0. The molecule has 1 aliphatic rings. The minimum absolute atomic E-state index is 0.552. The first-order valence-corrected chi connectivity index (χ1v) is 4.32. The van der Waals surface area contributed by atoms with Gasteiger partial charge in [0, 0.05) is 24.9 Å². The lowest BCUT2D eigenvalue weighted by molar-refractivity contribution is 0.409. The molecule has 0 amide bonds. The van der Waals surface area contributed by atoms with Crippen molar-refractivity contribution in [3.63, 3.8) is 0 Å². The Kier molecular flexibility index (Phi) is 2.04. The van der Waals surface area contributed by atoms with Gasteiger partial charge in [-0.3, -0.25) is 0 Å². The SMILES string of the molecule is CN1CCC(c2ncccn2)C1. The van der Waals surface area contributed by atoms with E-state index in [-0.39, 0.29) is 0 Å². The minimum atomic E-state index is 0.552. The zero-order valence-electron chi connectivity index (χ0n) is 7.27. The molecule has 1 aromatic rings. The van der Waals surface area contributed by atoms with Gasteiger partial charge in [0.1, 0.15) is 5.82 Å². The van der Waals surface area contributed by atoms with Gasteiger partial charge in [-0.25, -0.2) is 9.97 Å². The predicted octanol–water partition coefficient (Wildman–Crippen LogP) is 0.896. The molecule has 12 heavy (non-hydrogen) atoms. The zero-order chi connectivity index (χ0) is 8.39. The average molecular weight is 163 g/mol. The van der Waals surface area contributed by atoms with Gasteiger partial charge in [0.05, 0.1) is 0 Å². The molecule has 2 rings (SSSR count). The first-order chi connectivity index (χ1) is 5.86. The Morgan fingerprint density at radius 2 is 2.17 bits per heavy atom. The van der Waals surface area contributed by atoms with Crippen molar-refractivity contribution in [2.24, 2.45) is 0 Å². The normalized spacial score (nSPS) is 24.6. The van der Waals surface area contributed by atoms with Gasteiger partial charge >= 0.3 is 0 Å².